The van der Waals surface area contributed by atoms with Gasteiger partial charge in [0.2, 0.25) is 0 Å². The molecule has 0 atom stereocenters. The Morgan fingerprint density at radius 1 is 1.07 bits per heavy atom. The van der Waals surface area contributed by atoms with Gasteiger partial charge in [0, 0.05) is 6.20 Å². The standard InChI is InChI=1S/C21H22N4O2/c1-26-20-11-3-2-10-19(20)25-21(22)24-14-16-7-6-9-18(13-16)27-15-17-8-4-5-12-23-17/h2-13H,14-15H2,1H3,(H3,22,24,25). The Morgan fingerprint density at radius 3 is 2.74 bits per heavy atom. The van der Waals surface area contributed by atoms with E-state index in [-0.39, 0.29) is 0 Å². The number of benzene rings is 2. The summed E-state index contributed by atoms with van der Waals surface area (Å²) < 4.78 is 11.1. The molecule has 2 aromatic carbocycles. The molecule has 0 fully saturated rings. The first kappa shape index (κ1) is 18.3. The second kappa shape index (κ2) is 9.24. The van der Waals surface area contributed by atoms with Gasteiger partial charge < -0.3 is 20.5 Å². The molecule has 0 aliphatic carbocycles. The van der Waals surface area contributed by atoms with E-state index in [0.29, 0.717) is 24.9 Å². The van der Waals surface area contributed by atoms with Gasteiger partial charge in [0.1, 0.15) is 18.1 Å². The lowest BCUT2D eigenvalue weighted by atomic mass is 10.2. The number of pyridine rings is 1. The van der Waals surface area contributed by atoms with Crippen LogP contribution in [-0.4, -0.2) is 18.1 Å². The summed E-state index contributed by atoms with van der Waals surface area (Å²) in [6, 6.07) is 21.1. The van der Waals surface area contributed by atoms with Gasteiger partial charge in [-0.3, -0.25) is 4.98 Å². The number of nitrogens with zero attached hydrogens (tertiary/aromatic N) is 2. The van der Waals surface area contributed by atoms with E-state index in [0.717, 1.165) is 22.7 Å². The second-order valence-electron chi connectivity index (χ2n) is 5.78. The van der Waals surface area contributed by atoms with E-state index in [9.17, 15) is 0 Å². The summed E-state index contributed by atoms with van der Waals surface area (Å²) in [6.45, 7) is 0.861. The zero-order valence-electron chi connectivity index (χ0n) is 15.1. The Kier molecular flexibility index (Phi) is 6.25. The van der Waals surface area contributed by atoms with Crippen LogP contribution < -0.4 is 20.5 Å². The molecule has 0 radical (unpaired) electrons. The highest BCUT2D eigenvalue weighted by molar-refractivity contribution is 5.93. The third-order valence-electron chi connectivity index (χ3n) is 3.81. The van der Waals surface area contributed by atoms with E-state index >= 15 is 0 Å². The molecule has 6 heteroatoms. The fraction of sp³-hybridized carbons (Fsp3) is 0.143. The fourth-order valence-corrected chi connectivity index (χ4v) is 2.48. The van der Waals surface area contributed by atoms with Gasteiger partial charge in [-0.15, -0.1) is 0 Å². The van der Waals surface area contributed by atoms with Crippen molar-refractivity contribution in [2.75, 3.05) is 12.4 Å². The summed E-state index contributed by atoms with van der Waals surface area (Å²) in [6.07, 6.45) is 1.75. The van der Waals surface area contributed by atoms with Crippen LogP contribution in [0, 0.1) is 0 Å². The first-order chi connectivity index (χ1) is 13.2. The molecule has 0 unspecified atom stereocenters. The van der Waals surface area contributed by atoms with Gasteiger partial charge in [-0.25, -0.2) is 4.99 Å². The van der Waals surface area contributed by atoms with Crippen molar-refractivity contribution < 1.29 is 9.47 Å². The molecule has 1 aromatic heterocycles. The lowest BCUT2D eigenvalue weighted by Gasteiger charge is -2.10. The molecule has 0 saturated carbocycles. The average Bonchev–Trinajstić information content (AvgIpc) is 2.72. The average molecular weight is 362 g/mol. The third kappa shape index (κ3) is 5.47. The number of para-hydroxylation sites is 2. The first-order valence-electron chi connectivity index (χ1n) is 8.56. The number of guanidine groups is 1. The zero-order chi connectivity index (χ0) is 18.9. The van der Waals surface area contributed by atoms with Crippen LogP contribution in [0.1, 0.15) is 11.3 Å². The number of methoxy groups -OCH3 is 1. The van der Waals surface area contributed by atoms with Gasteiger partial charge in [0.05, 0.1) is 25.0 Å². The van der Waals surface area contributed by atoms with Crippen molar-refractivity contribution in [2.45, 2.75) is 13.2 Å². The molecule has 3 N–H and O–H groups in total. The molecular weight excluding hydrogens is 340 g/mol. The lowest BCUT2D eigenvalue weighted by Crippen LogP contribution is -2.22. The maximum absolute atomic E-state index is 5.99. The topological polar surface area (TPSA) is 81.8 Å². The molecule has 0 aliphatic heterocycles. The second-order valence-corrected chi connectivity index (χ2v) is 5.78. The van der Waals surface area contributed by atoms with E-state index in [1.807, 2.05) is 66.7 Å². The SMILES string of the molecule is COc1ccccc1NC(N)=NCc1cccc(OCc2ccccn2)c1. The molecule has 138 valence electrons. The largest absolute Gasteiger partial charge is 0.495 e. The monoisotopic (exact) mass is 362 g/mol. The summed E-state index contributed by atoms with van der Waals surface area (Å²) in [5, 5.41) is 3.06. The van der Waals surface area contributed by atoms with Gasteiger partial charge in [-0.2, -0.15) is 0 Å². The zero-order valence-corrected chi connectivity index (χ0v) is 15.1. The number of ether oxygens (including phenoxy) is 2. The minimum absolute atomic E-state index is 0.319. The van der Waals surface area contributed by atoms with Gasteiger partial charge >= 0.3 is 0 Å². The molecule has 0 saturated heterocycles. The molecule has 3 aromatic rings. The van der Waals surface area contributed by atoms with Crippen LogP contribution in [0.5, 0.6) is 11.5 Å². The predicted octanol–water partition coefficient (Wildman–Crippen LogP) is 3.60. The summed E-state index contributed by atoms with van der Waals surface area (Å²) in [5.41, 5.74) is 8.64. The Balaban J connectivity index is 1.59. The van der Waals surface area contributed by atoms with Crippen LogP contribution in [0.3, 0.4) is 0 Å². The molecule has 0 bridgehead atoms. The van der Waals surface area contributed by atoms with Crippen molar-refractivity contribution in [3.05, 3.63) is 84.2 Å². The first-order valence-corrected chi connectivity index (χ1v) is 8.56. The number of nitrogens with two attached hydrogens (primary N) is 1. The number of rotatable bonds is 7. The molecule has 0 aliphatic rings. The van der Waals surface area contributed by atoms with E-state index in [4.69, 9.17) is 15.2 Å². The van der Waals surface area contributed by atoms with Gasteiger partial charge in [0.15, 0.2) is 5.96 Å². The van der Waals surface area contributed by atoms with E-state index in [2.05, 4.69) is 15.3 Å². The highest BCUT2D eigenvalue weighted by Gasteiger charge is 2.03. The molecule has 0 spiro atoms. The van der Waals surface area contributed by atoms with Crippen molar-refractivity contribution in [3.8, 4) is 11.5 Å². The molecule has 1 heterocycles. The van der Waals surface area contributed by atoms with E-state index in [1.165, 1.54) is 0 Å². The van der Waals surface area contributed by atoms with Gasteiger partial charge in [-0.05, 0) is 42.0 Å². The predicted molar refractivity (Wildman–Crippen MR) is 107 cm³/mol. The maximum Gasteiger partial charge on any atom is 0.193 e. The maximum atomic E-state index is 5.99. The minimum Gasteiger partial charge on any atom is -0.495 e. The smallest absolute Gasteiger partial charge is 0.193 e. The number of nitrogens with one attached hydrogen (secondary N) is 1. The third-order valence-corrected chi connectivity index (χ3v) is 3.81. The number of anilines is 1. The van der Waals surface area contributed by atoms with Crippen LogP contribution >= 0.6 is 0 Å². The number of hydrogen-bond acceptors (Lipinski definition) is 4. The lowest BCUT2D eigenvalue weighted by molar-refractivity contribution is 0.301. The number of hydrogen-bond donors (Lipinski definition) is 2. The van der Waals surface area contributed by atoms with Crippen molar-refractivity contribution in [1.82, 2.24) is 4.98 Å². The van der Waals surface area contributed by atoms with E-state index in [1.54, 1.807) is 13.3 Å². The minimum atomic E-state index is 0.319. The van der Waals surface area contributed by atoms with Crippen molar-refractivity contribution in [1.29, 1.82) is 0 Å². The van der Waals surface area contributed by atoms with Crippen LogP contribution in [0.15, 0.2) is 77.9 Å². The summed E-state index contributed by atoms with van der Waals surface area (Å²) in [7, 11) is 1.62. The highest BCUT2D eigenvalue weighted by atomic mass is 16.5. The Bertz CT molecular complexity index is 897. The van der Waals surface area contributed by atoms with Crippen LogP contribution in [0.4, 0.5) is 5.69 Å². The fourth-order valence-electron chi connectivity index (χ4n) is 2.48. The Morgan fingerprint density at radius 2 is 1.93 bits per heavy atom. The molecular formula is C21H22N4O2. The van der Waals surface area contributed by atoms with E-state index < -0.39 is 0 Å². The van der Waals surface area contributed by atoms with Crippen LogP contribution in [-0.2, 0) is 13.2 Å². The Hall–Kier alpha value is -3.54. The Labute approximate surface area is 158 Å². The summed E-state index contributed by atoms with van der Waals surface area (Å²) in [5.74, 6) is 1.80. The number of aromatic nitrogens is 1. The quantitative estimate of drug-likeness (QED) is 0.496. The summed E-state index contributed by atoms with van der Waals surface area (Å²) >= 11 is 0. The molecule has 0 amide bonds. The van der Waals surface area contributed by atoms with Crippen LogP contribution in [0.25, 0.3) is 0 Å². The molecule has 6 nitrogen and oxygen atoms in total. The molecule has 3 rings (SSSR count). The van der Waals surface area contributed by atoms with Crippen molar-refractivity contribution in [2.24, 2.45) is 10.7 Å². The normalized spacial score (nSPS) is 11.1. The van der Waals surface area contributed by atoms with Gasteiger partial charge in [0.25, 0.3) is 0 Å². The van der Waals surface area contributed by atoms with Gasteiger partial charge in [-0.1, -0.05) is 30.3 Å². The summed E-state index contributed by atoms with van der Waals surface area (Å²) in [4.78, 5) is 8.63. The molecule has 27 heavy (non-hydrogen) atoms. The number of aliphatic imine (C=N–C) groups is 1. The van der Waals surface area contributed by atoms with Crippen molar-refractivity contribution >= 4 is 11.6 Å². The highest BCUT2D eigenvalue weighted by Crippen LogP contribution is 2.22. The van der Waals surface area contributed by atoms with Crippen LogP contribution in [0.2, 0.25) is 0 Å². The van der Waals surface area contributed by atoms with Crippen molar-refractivity contribution in [3.63, 3.8) is 0 Å².